The molecule has 0 heterocycles. The van der Waals surface area contributed by atoms with E-state index in [2.05, 4.69) is 30.5 Å². The van der Waals surface area contributed by atoms with Crippen molar-refractivity contribution in [3.8, 4) is 0 Å². The zero-order valence-electron chi connectivity index (χ0n) is 7.17. The molecule has 0 amide bonds. The molecule has 3 unspecified atom stereocenters. The third-order valence-electron chi connectivity index (χ3n) is 3.10. The van der Waals surface area contributed by atoms with E-state index in [9.17, 15) is 0 Å². The van der Waals surface area contributed by atoms with Gasteiger partial charge in [0.05, 0.1) is 0 Å². The van der Waals surface area contributed by atoms with Crippen molar-refractivity contribution in [1.29, 1.82) is 0 Å². The van der Waals surface area contributed by atoms with Crippen LogP contribution in [0.5, 0.6) is 0 Å². The van der Waals surface area contributed by atoms with Crippen molar-refractivity contribution in [3.05, 3.63) is 23.9 Å². The summed E-state index contributed by atoms with van der Waals surface area (Å²) >= 11 is 0. The maximum Gasteiger partial charge on any atom is 0.0296 e. The predicted octanol–water partition coefficient (Wildman–Crippen LogP) is 1.93. The van der Waals surface area contributed by atoms with Crippen LogP contribution in [0, 0.1) is 17.8 Å². The maximum absolute atomic E-state index is 3.20. The number of fused-ring (bicyclic) bond motifs is 1. The zero-order valence-corrected chi connectivity index (χ0v) is 7.17. The van der Waals surface area contributed by atoms with Crippen molar-refractivity contribution in [2.45, 2.75) is 13.3 Å². The standard InChI is InChI=1S/C10H15N/c1-7-8-3-4-10(11-2)6-9(7)5-8/h3-4,6-9,11H,5H2,1-2H3. The molecule has 11 heavy (non-hydrogen) atoms. The summed E-state index contributed by atoms with van der Waals surface area (Å²) in [6.45, 7) is 2.35. The summed E-state index contributed by atoms with van der Waals surface area (Å²) in [5, 5.41) is 3.20. The van der Waals surface area contributed by atoms with Gasteiger partial charge in [0.1, 0.15) is 0 Å². The molecule has 3 aliphatic carbocycles. The highest BCUT2D eigenvalue weighted by Gasteiger charge is 2.35. The van der Waals surface area contributed by atoms with Crippen molar-refractivity contribution >= 4 is 0 Å². The van der Waals surface area contributed by atoms with Crippen molar-refractivity contribution in [2.75, 3.05) is 7.05 Å². The van der Waals surface area contributed by atoms with Gasteiger partial charge in [0.15, 0.2) is 0 Å². The van der Waals surface area contributed by atoms with Gasteiger partial charge in [0.25, 0.3) is 0 Å². The molecule has 0 aromatic rings. The third kappa shape index (κ3) is 0.991. The number of nitrogens with one attached hydrogen (secondary N) is 1. The van der Waals surface area contributed by atoms with Crippen LogP contribution in [0.2, 0.25) is 0 Å². The van der Waals surface area contributed by atoms with E-state index in [1.54, 1.807) is 0 Å². The van der Waals surface area contributed by atoms with Crippen molar-refractivity contribution < 1.29 is 0 Å². The topological polar surface area (TPSA) is 12.0 Å². The molecule has 1 N–H and O–H groups in total. The van der Waals surface area contributed by atoms with Gasteiger partial charge in [-0.1, -0.05) is 19.1 Å². The number of rotatable bonds is 1. The van der Waals surface area contributed by atoms with Gasteiger partial charge in [-0.25, -0.2) is 0 Å². The molecule has 0 aromatic carbocycles. The lowest BCUT2D eigenvalue weighted by Gasteiger charge is -2.38. The van der Waals surface area contributed by atoms with Gasteiger partial charge < -0.3 is 5.32 Å². The lowest BCUT2D eigenvalue weighted by molar-refractivity contribution is 0.173. The minimum absolute atomic E-state index is 0.831. The van der Waals surface area contributed by atoms with E-state index in [0.29, 0.717) is 0 Å². The van der Waals surface area contributed by atoms with E-state index in [1.165, 1.54) is 12.1 Å². The van der Waals surface area contributed by atoms with Crippen LogP contribution in [0.1, 0.15) is 13.3 Å². The van der Waals surface area contributed by atoms with Crippen molar-refractivity contribution in [3.63, 3.8) is 0 Å². The zero-order chi connectivity index (χ0) is 7.84. The molecule has 3 atom stereocenters. The van der Waals surface area contributed by atoms with Gasteiger partial charge in [0, 0.05) is 12.7 Å². The Morgan fingerprint density at radius 1 is 1.45 bits per heavy atom. The molecule has 1 heteroatoms. The molecule has 1 fully saturated rings. The van der Waals surface area contributed by atoms with E-state index in [-0.39, 0.29) is 0 Å². The fourth-order valence-electron chi connectivity index (χ4n) is 2.02. The van der Waals surface area contributed by atoms with Gasteiger partial charge in [0.2, 0.25) is 0 Å². The average Bonchev–Trinajstić information content (AvgIpc) is 2.32. The molecule has 1 saturated carbocycles. The van der Waals surface area contributed by atoms with Crippen LogP contribution in [-0.4, -0.2) is 7.05 Å². The van der Waals surface area contributed by atoms with E-state index in [1.807, 2.05) is 7.05 Å². The molecule has 3 aliphatic rings. The van der Waals surface area contributed by atoms with Gasteiger partial charge in [-0.3, -0.25) is 0 Å². The van der Waals surface area contributed by atoms with Crippen LogP contribution in [0.25, 0.3) is 0 Å². The molecule has 2 bridgehead atoms. The van der Waals surface area contributed by atoms with Crippen LogP contribution in [-0.2, 0) is 0 Å². The lowest BCUT2D eigenvalue weighted by Crippen LogP contribution is -2.31. The quantitative estimate of drug-likeness (QED) is 0.600. The Labute approximate surface area is 68.2 Å². The summed E-state index contributed by atoms with van der Waals surface area (Å²) in [5.74, 6) is 2.55. The molecule has 0 radical (unpaired) electrons. The van der Waals surface area contributed by atoms with E-state index in [4.69, 9.17) is 0 Å². The molecule has 3 rings (SSSR count). The Balaban J connectivity index is 2.20. The summed E-state index contributed by atoms with van der Waals surface area (Å²) < 4.78 is 0. The summed E-state index contributed by atoms with van der Waals surface area (Å²) in [6.07, 6.45) is 8.29. The maximum atomic E-state index is 3.20. The molecule has 0 aromatic heterocycles. The molecule has 60 valence electrons. The van der Waals surface area contributed by atoms with Crippen LogP contribution in [0.15, 0.2) is 23.9 Å². The second-order valence-electron chi connectivity index (χ2n) is 3.65. The lowest BCUT2D eigenvalue weighted by atomic mass is 9.66. The highest BCUT2D eigenvalue weighted by molar-refractivity contribution is 5.25. The highest BCUT2D eigenvalue weighted by Crippen LogP contribution is 2.43. The van der Waals surface area contributed by atoms with E-state index < -0.39 is 0 Å². The van der Waals surface area contributed by atoms with Gasteiger partial charge in [-0.05, 0) is 30.3 Å². The number of hydrogen-bond acceptors (Lipinski definition) is 1. The monoisotopic (exact) mass is 149 g/mol. The SMILES string of the molecule is CNC1=CC2CC(C=C1)C2C. The minimum Gasteiger partial charge on any atom is -0.388 e. The van der Waals surface area contributed by atoms with Crippen molar-refractivity contribution in [1.82, 2.24) is 5.32 Å². The van der Waals surface area contributed by atoms with Gasteiger partial charge in [-0.15, -0.1) is 0 Å². The Kier molecular flexibility index (Phi) is 1.52. The van der Waals surface area contributed by atoms with Crippen LogP contribution < -0.4 is 5.32 Å². The Bertz CT molecular complexity index is 215. The normalized spacial score (nSPS) is 40.5. The van der Waals surface area contributed by atoms with Crippen LogP contribution in [0.3, 0.4) is 0 Å². The minimum atomic E-state index is 0.831. The first-order chi connectivity index (χ1) is 5.31. The van der Waals surface area contributed by atoms with E-state index >= 15 is 0 Å². The Morgan fingerprint density at radius 3 is 2.91 bits per heavy atom. The summed E-state index contributed by atoms with van der Waals surface area (Å²) in [5.41, 5.74) is 1.29. The molecule has 0 aliphatic heterocycles. The van der Waals surface area contributed by atoms with Crippen LogP contribution in [0.4, 0.5) is 0 Å². The molecule has 1 nitrogen and oxygen atoms in total. The predicted molar refractivity (Wildman–Crippen MR) is 47.0 cm³/mol. The highest BCUT2D eigenvalue weighted by atomic mass is 14.8. The smallest absolute Gasteiger partial charge is 0.0296 e. The third-order valence-corrected chi connectivity index (χ3v) is 3.10. The first-order valence-electron chi connectivity index (χ1n) is 4.39. The second-order valence-corrected chi connectivity index (χ2v) is 3.65. The fourth-order valence-corrected chi connectivity index (χ4v) is 2.02. The molecule has 0 saturated heterocycles. The average molecular weight is 149 g/mol. The number of allylic oxidation sites excluding steroid dienone is 3. The summed E-state index contributed by atoms with van der Waals surface area (Å²) in [6, 6.07) is 0. The van der Waals surface area contributed by atoms with Gasteiger partial charge in [-0.2, -0.15) is 0 Å². The number of likely N-dealkylation sites (N-methyl/N-ethyl adjacent to an activating group) is 1. The second kappa shape index (κ2) is 2.40. The van der Waals surface area contributed by atoms with E-state index in [0.717, 1.165) is 17.8 Å². The number of hydrogen-bond donors (Lipinski definition) is 1. The van der Waals surface area contributed by atoms with Crippen molar-refractivity contribution in [2.24, 2.45) is 17.8 Å². The van der Waals surface area contributed by atoms with Gasteiger partial charge >= 0.3 is 0 Å². The Morgan fingerprint density at radius 2 is 2.27 bits per heavy atom. The molecular formula is C10H15N. The first-order valence-corrected chi connectivity index (χ1v) is 4.39. The summed E-state index contributed by atoms with van der Waals surface area (Å²) in [7, 11) is 1.99. The fraction of sp³-hybridized carbons (Fsp3) is 0.600. The Hall–Kier alpha value is -0.720. The molecular weight excluding hydrogens is 134 g/mol. The molecule has 0 spiro atoms. The summed E-state index contributed by atoms with van der Waals surface area (Å²) in [4.78, 5) is 0. The largest absolute Gasteiger partial charge is 0.388 e. The van der Waals surface area contributed by atoms with Crippen LogP contribution >= 0.6 is 0 Å². The first kappa shape index (κ1) is 6.96.